The largest absolute Gasteiger partial charge is 0.459 e. The topological polar surface area (TPSA) is 84.7 Å². The van der Waals surface area contributed by atoms with Crippen molar-refractivity contribution in [1.29, 1.82) is 0 Å². The molecule has 0 aliphatic rings. The zero-order valence-electron chi connectivity index (χ0n) is 12.7. The summed E-state index contributed by atoms with van der Waals surface area (Å²) < 4.78 is 5.20. The van der Waals surface area contributed by atoms with Crippen LogP contribution >= 0.6 is 0 Å². The highest BCUT2D eigenvalue weighted by molar-refractivity contribution is 5.75. The Balaban J connectivity index is 3.85. The average Bonchev–Trinajstić information content (AvgIpc) is 2.22. The van der Waals surface area contributed by atoms with E-state index >= 15 is 0 Å². The van der Waals surface area contributed by atoms with Gasteiger partial charge in [-0.3, -0.25) is 9.59 Å². The van der Waals surface area contributed by atoms with E-state index in [1.54, 1.807) is 0 Å². The number of hydrogen-bond acceptors (Lipinski definition) is 5. The highest BCUT2D eigenvalue weighted by Gasteiger charge is 2.22. The normalized spacial score (nSPS) is 13.2. The Hall–Kier alpha value is -1.14. The molecule has 0 rings (SSSR count). The first-order valence-corrected chi connectivity index (χ1v) is 6.53. The van der Waals surface area contributed by atoms with Gasteiger partial charge in [-0.15, -0.1) is 0 Å². The first-order valence-electron chi connectivity index (χ1n) is 6.53. The molecule has 0 aromatic carbocycles. The maximum Gasteiger partial charge on any atom is 0.323 e. The van der Waals surface area contributed by atoms with Crippen molar-refractivity contribution in [3.8, 4) is 0 Å². The molecule has 0 saturated heterocycles. The summed E-state index contributed by atoms with van der Waals surface area (Å²) in [6.07, 6.45) is 0.533. The number of amides is 1. The summed E-state index contributed by atoms with van der Waals surface area (Å²) in [4.78, 5) is 24.4. The fraction of sp³-hybridized carbons (Fsp3) is 0.846. The summed E-state index contributed by atoms with van der Waals surface area (Å²) in [5, 5.41) is 2.71. The van der Waals surface area contributed by atoms with Gasteiger partial charge in [-0.1, -0.05) is 0 Å². The molecule has 0 aliphatic heterocycles. The lowest BCUT2D eigenvalue weighted by Gasteiger charge is -2.23. The zero-order chi connectivity index (χ0) is 15.1. The van der Waals surface area contributed by atoms with Crippen LogP contribution in [0.3, 0.4) is 0 Å². The van der Waals surface area contributed by atoms with Crippen molar-refractivity contribution in [2.45, 2.75) is 45.8 Å². The molecule has 0 aromatic heterocycles. The Morgan fingerprint density at radius 2 is 1.89 bits per heavy atom. The van der Waals surface area contributed by atoms with Crippen molar-refractivity contribution in [3.05, 3.63) is 0 Å². The molecule has 0 unspecified atom stereocenters. The van der Waals surface area contributed by atoms with Gasteiger partial charge in [0, 0.05) is 20.0 Å². The molecule has 0 saturated carbocycles. The van der Waals surface area contributed by atoms with Gasteiger partial charge in [0.1, 0.15) is 11.6 Å². The van der Waals surface area contributed by atoms with E-state index in [0.717, 1.165) is 6.54 Å². The SMILES string of the molecule is CC(=O)NCCN(C)CC[C@H](N)C(=O)OC(C)(C)C. The minimum absolute atomic E-state index is 0.0427. The first kappa shape index (κ1) is 17.9. The lowest BCUT2D eigenvalue weighted by molar-refractivity contribution is -0.156. The molecule has 3 N–H and O–H groups in total. The molecule has 6 heteroatoms. The zero-order valence-corrected chi connectivity index (χ0v) is 12.7. The monoisotopic (exact) mass is 273 g/mol. The predicted octanol–water partition coefficient (Wildman–Crippen LogP) is 0.113. The van der Waals surface area contributed by atoms with Crippen LogP contribution in [0, 0.1) is 0 Å². The highest BCUT2D eigenvalue weighted by atomic mass is 16.6. The van der Waals surface area contributed by atoms with Crippen molar-refractivity contribution in [2.24, 2.45) is 5.73 Å². The molecule has 0 spiro atoms. The minimum atomic E-state index is -0.609. The van der Waals surface area contributed by atoms with E-state index in [2.05, 4.69) is 5.32 Å². The summed E-state index contributed by atoms with van der Waals surface area (Å²) in [6.45, 7) is 8.93. The smallest absolute Gasteiger partial charge is 0.323 e. The van der Waals surface area contributed by atoms with Gasteiger partial charge in [0.2, 0.25) is 5.91 Å². The third-order valence-corrected chi connectivity index (χ3v) is 2.40. The summed E-state index contributed by atoms with van der Waals surface area (Å²) in [5.74, 6) is -0.415. The van der Waals surface area contributed by atoms with E-state index in [0.29, 0.717) is 19.5 Å². The Morgan fingerprint density at radius 3 is 2.37 bits per heavy atom. The van der Waals surface area contributed by atoms with Gasteiger partial charge in [-0.25, -0.2) is 0 Å². The van der Waals surface area contributed by atoms with Gasteiger partial charge >= 0.3 is 5.97 Å². The van der Waals surface area contributed by atoms with Crippen molar-refractivity contribution in [2.75, 3.05) is 26.7 Å². The van der Waals surface area contributed by atoms with Gasteiger partial charge in [0.05, 0.1) is 0 Å². The Labute approximate surface area is 115 Å². The Morgan fingerprint density at radius 1 is 1.32 bits per heavy atom. The van der Waals surface area contributed by atoms with Crippen LogP contribution < -0.4 is 11.1 Å². The Bertz CT molecular complexity index is 300. The highest BCUT2D eigenvalue weighted by Crippen LogP contribution is 2.08. The number of ether oxygens (including phenoxy) is 1. The Kier molecular flexibility index (Phi) is 7.63. The second-order valence-corrected chi connectivity index (χ2v) is 5.71. The van der Waals surface area contributed by atoms with Crippen LogP contribution in [-0.2, 0) is 14.3 Å². The van der Waals surface area contributed by atoms with E-state index < -0.39 is 11.6 Å². The van der Waals surface area contributed by atoms with E-state index in [1.165, 1.54) is 6.92 Å². The molecule has 0 heterocycles. The summed E-state index contributed by atoms with van der Waals surface area (Å²) >= 11 is 0. The fourth-order valence-electron chi connectivity index (χ4n) is 1.39. The number of esters is 1. The number of carbonyl (C=O) groups excluding carboxylic acids is 2. The average molecular weight is 273 g/mol. The maximum absolute atomic E-state index is 11.7. The van der Waals surface area contributed by atoms with Crippen LogP contribution in [0.1, 0.15) is 34.1 Å². The molecular formula is C13H27N3O3. The number of nitrogens with two attached hydrogens (primary N) is 1. The molecule has 1 amide bonds. The molecule has 0 bridgehead atoms. The van der Waals surface area contributed by atoms with Crippen molar-refractivity contribution in [3.63, 3.8) is 0 Å². The third-order valence-electron chi connectivity index (χ3n) is 2.40. The molecule has 19 heavy (non-hydrogen) atoms. The van der Waals surface area contributed by atoms with Crippen LogP contribution in [0.15, 0.2) is 0 Å². The van der Waals surface area contributed by atoms with Gasteiger partial charge in [0.25, 0.3) is 0 Å². The molecule has 112 valence electrons. The molecule has 0 radical (unpaired) electrons. The van der Waals surface area contributed by atoms with Crippen LogP contribution in [-0.4, -0.2) is 55.1 Å². The fourth-order valence-corrected chi connectivity index (χ4v) is 1.39. The maximum atomic E-state index is 11.7. The molecular weight excluding hydrogens is 246 g/mol. The van der Waals surface area contributed by atoms with Crippen molar-refractivity contribution >= 4 is 11.9 Å². The number of nitrogens with one attached hydrogen (secondary N) is 1. The standard InChI is InChI=1S/C13H27N3O3/c1-10(17)15-7-9-16(5)8-6-11(14)12(18)19-13(2,3)4/h11H,6-9,14H2,1-5H3,(H,15,17)/t11-/m0/s1. The number of likely N-dealkylation sites (N-methyl/N-ethyl adjacent to an activating group) is 1. The van der Waals surface area contributed by atoms with Crippen LogP contribution in [0.2, 0.25) is 0 Å². The lowest BCUT2D eigenvalue weighted by Crippen LogP contribution is -2.40. The predicted molar refractivity (Wildman–Crippen MR) is 74.6 cm³/mol. The quantitative estimate of drug-likeness (QED) is 0.643. The lowest BCUT2D eigenvalue weighted by atomic mass is 10.1. The second-order valence-electron chi connectivity index (χ2n) is 5.71. The number of nitrogens with zero attached hydrogens (tertiary/aromatic N) is 1. The number of hydrogen-bond donors (Lipinski definition) is 2. The van der Waals surface area contributed by atoms with Crippen molar-refractivity contribution in [1.82, 2.24) is 10.2 Å². The van der Waals surface area contributed by atoms with Crippen LogP contribution in [0.25, 0.3) is 0 Å². The third kappa shape index (κ3) is 10.5. The van der Waals surface area contributed by atoms with E-state index in [1.807, 2.05) is 32.7 Å². The molecule has 1 atom stereocenters. The summed E-state index contributed by atoms with van der Waals surface area (Å²) in [5.41, 5.74) is 5.27. The molecule has 0 aliphatic carbocycles. The van der Waals surface area contributed by atoms with E-state index in [-0.39, 0.29) is 11.9 Å². The molecule has 6 nitrogen and oxygen atoms in total. The minimum Gasteiger partial charge on any atom is -0.459 e. The van der Waals surface area contributed by atoms with Crippen molar-refractivity contribution < 1.29 is 14.3 Å². The molecule has 0 aromatic rings. The number of rotatable bonds is 7. The summed E-state index contributed by atoms with van der Waals surface area (Å²) in [7, 11) is 1.92. The van der Waals surface area contributed by atoms with Crippen LogP contribution in [0.4, 0.5) is 0 Å². The number of carbonyl (C=O) groups is 2. The second kappa shape index (κ2) is 8.12. The van der Waals surface area contributed by atoms with Gasteiger partial charge in [-0.2, -0.15) is 0 Å². The van der Waals surface area contributed by atoms with Gasteiger partial charge < -0.3 is 20.7 Å². The van der Waals surface area contributed by atoms with E-state index in [9.17, 15) is 9.59 Å². The molecule has 0 fully saturated rings. The van der Waals surface area contributed by atoms with Gasteiger partial charge in [0.15, 0.2) is 0 Å². The summed E-state index contributed by atoms with van der Waals surface area (Å²) in [6, 6.07) is -0.609. The van der Waals surface area contributed by atoms with Gasteiger partial charge in [-0.05, 0) is 40.8 Å². The van der Waals surface area contributed by atoms with Crippen LogP contribution in [0.5, 0.6) is 0 Å². The van der Waals surface area contributed by atoms with E-state index in [4.69, 9.17) is 10.5 Å². The first-order chi connectivity index (χ1) is 8.61.